The van der Waals surface area contributed by atoms with Gasteiger partial charge in [0, 0.05) is 26.1 Å². The van der Waals surface area contributed by atoms with Crippen molar-refractivity contribution >= 4 is 5.95 Å². The molecule has 3 heterocycles. The van der Waals surface area contributed by atoms with Gasteiger partial charge < -0.3 is 10.1 Å². The van der Waals surface area contributed by atoms with Crippen LogP contribution in [0.3, 0.4) is 0 Å². The van der Waals surface area contributed by atoms with E-state index in [1.54, 1.807) is 0 Å². The Hall–Kier alpha value is -2.05. The Labute approximate surface area is 140 Å². The molecule has 0 unspecified atom stereocenters. The molecule has 0 amide bonds. The van der Waals surface area contributed by atoms with Gasteiger partial charge in [0.1, 0.15) is 0 Å². The highest BCUT2D eigenvalue weighted by Crippen LogP contribution is 2.36. The first-order chi connectivity index (χ1) is 11.7. The Balaban J connectivity index is 1.33. The molecule has 2 aliphatic heterocycles. The van der Waals surface area contributed by atoms with Gasteiger partial charge in [0.25, 0.3) is 0 Å². The fraction of sp³-hybridized carbons (Fsp3) is 0.444. The van der Waals surface area contributed by atoms with Crippen molar-refractivity contribution in [2.75, 3.05) is 25.0 Å². The minimum absolute atomic E-state index is 0.0769. The van der Waals surface area contributed by atoms with Gasteiger partial charge in [0.2, 0.25) is 5.95 Å². The molecule has 2 saturated heterocycles. The Morgan fingerprint density at radius 3 is 2.83 bits per heavy atom. The molecular weight excluding hydrogens is 307 g/mol. The van der Waals surface area contributed by atoms with Gasteiger partial charge in [-0.3, -0.25) is 4.90 Å². The van der Waals surface area contributed by atoms with E-state index in [4.69, 9.17) is 4.74 Å². The highest BCUT2D eigenvalue weighted by molar-refractivity contribution is 5.26. The van der Waals surface area contributed by atoms with E-state index in [2.05, 4.69) is 44.5 Å². The van der Waals surface area contributed by atoms with Crippen LogP contribution in [0.4, 0.5) is 10.3 Å². The van der Waals surface area contributed by atoms with Crippen LogP contribution >= 0.6 is 0 Å². The number of nitrogens with one attached hydrogen (secondary N) is 1. The number of hydrogen-bond donors (Lipinski definition) is 1. The fourth-order valence-electron chi connectivity index (χ4n) is 3.69. The zero-order valence-electron chi connectivity index (χ0n) is 13.5. The number of likely N-dealkylation sites (tertiary alicyclic amines) is 1. The van der Waals surface area contributed by atoms with Crippen LogP contribution in [0.15, 0.2) is 42.7 Å². The lowest BCUT2D eigenvalue weighted by molar-refractivity contribution is 0.0120. The first-order valence-corrected chi connectivity index (χ1v) is 8.35. The van der Waals surface area contributed by atoms with Crippen LogP contribution in [0, 0.1) is 5.82 Å². The van der Waals surface area contributed by atoms with Crippen molar-refractivity contribution < 1.29 is 9.13 Å². The lowest BCUT2D eigenvalue weighted by Gasteiger charge is -2.23. The van der Waals surface area contributed by atoms with Crippen molar-refractivity contribution in [3.05, 3.63) is 54.1 Å². The summed E-state index contributed by atoms with van der Waals surface area (Å²) in [4.78, 5) is 10.4. The second-order valence-corrected chi connectivity index (χ2v) is 6.71. The van der Waals surface area contributed by atoms with Crippen LogP contribution < -0.4 is 5.32 Å². The normalized spacial score (nSPS) is 27.0. The first-order valence-electron chi connectivity index (χ1n) is 8.35. The quantitative estimate of drug-likeness (QED) is 0.934. The molecule has 0 saturated carbocycles. The van der Waals surface area contributed by atoms with Crippen LogP contribution in [-0.2, 0) is 11.3 Å². The molecule has 1 aromatic carbocycles. The minimum Gasteiger partial charge on any atom is -0.371 e. The summed E-state index contributed by atoms with van der Waals surface area (Å²) in [6.07, 6.45) is 4.33. The second kappa shape index (κ2) is 6.45. The molecule has 24 heavy (non-hydrogen) atoms. The number of rotatable bonds is 4. The number of nitrogens with zero attached hydrogens (tertiary/aromatic N) is 3. The Morgan fingerprint density at radius 1 is 1.25 bits per heavy atom. The van der Waals surface area contributed by atoms with Crippen molar-refractivity contribution in [2.24, 2.45) is 0 Å². The van der Waals surface area contributed by atoms with E-state index in [1.807, 2.05) is 6.07 Å². The lowest BCUT2D eigenvalue weighted by atomic mass is 9.97. The second-order valence-electron chi connectivity index (χ2n) is 6.71. The molecule has 6 heteroatoms. The van der Waals surface area contributed by atoms with E-state index in [-0.39, 0.29) is 11.6 Å². The zero-order chi connectivity index (χ0) is 16.4. The van der Waals surface area contributed by atoms with E-state index in [0.717, 1.165) is 32.5 Å². The van der Waals surface area contributed by atoms with Gasteiger partial charge in [-0.1, -0.05) is 30.3 Å². The van der Waals surface area contributed by atoms with Crippen molar-refractivity contribution in [3.63, 3.8) is 0 Å². The molecule has 0 bridgehead atoms. The number of ether oxygens (including phenoxy) is 1. The Kier molecular flexibility index (Phi) is 4.16. The number of halogens is 1. The number of anilines is 1. The van der Waals surface area contributed by atoms with Crippen LogP contribution in [0.25, 0.3) is 0 Å². The largest absolute Gasteiger partial charge is 0.371 e. The summed E-state index contributed by atoms with van der Waals surface area (Å²) >= 11 is 0. The Bertz CT molecular complexity index is 681. The van der Waals surface area contributed by atoms with E-state index in [0.29, 0.717) is 12.6 Å². The third kappa shape index (κ3) is 3.39. The van der Waals surface area contributed by atoms with Crippen molar-refractivity contribution in [3.8, 4) is 0 Å². The van der Waals surface area contributed by atoms with E-state index in [1.165, 1.54) is 18.0 Å². The third-order valence-corrected chi connectivity index (χ3v) is 4.81. The van der Waals surface area contributed by atoms with Gasteiger partial charge in [-0.05, 0) is 12.0 Å². The minimum atomic E-state index is -0.424. The van der Waals surface area contributed by atoms with Crippen molar-refractivity contribution in [2.45, 2.75) is 31.0 Å². The summed E-state index contributed by atoms with van der Waals surface area (Å²) in [6.45, 7) is 3.60. The van der Waals surface area contributed by atoms with Gasteiger partial charge in [-0.25, -0.2) is 14.4 Å². The highest BCUT2D eigenvalue weighted by atomic mass is 19.1. The van der Waals surface area contributed by atoms with Gasteiger partial charge in [-0.2, -0.15) is 0 Å². The molecule has 1 aromatic heterocycles. The topological polar surface area (TPSA) is 50.3 Å². The molecule has 2 atom stereocenters. The highest BCUT2D eigenvalue weighted by Gasteiger charge is 2.45. The standard InChI is InChI=1S/C18H21FN4O/c19-15-9-20-17(21-10-15)22-16-8-18(24-12-16)6-7-23(13-18)11-14-4-2-1-3-5-14/h1-5,9-10,16H,6-8,11-13H2,(H,20,21,22)/t16-,18-/m0/s1. The van der Waals surface area contributed by atoms with Crippen LogP contribution in [0.5, 0.6) is 0 Å². The molecule has 2 fully saturated rings. The number of hydrogen-bond acceptors (Lipinski definition) is 5. The molecule has 126 valence electrons. The maximum Gasteiger partial charge on any atom is 0.223 e. The predicted octanol–water partition coefficient (Wildman–Crippen LogP) is 2.46. The van der Waals surface area contributed by atoms with Gasteiger partial charge >= 0.3 is 0 Å². The zero-order valence-corrected chi connectivity index (χ0v) is 13.5. The molecular formula is C18H21FN4O. The van der Waals surface area contributed by atoms with E-state index >= 15 is 0 Å². The van der Waals surface area contributed by atoms with Crippen LogP contribution in [0.2, 0.25) is 0 Å². The van der Waals surface area contributed by atoms with E-state index in [9.17, 15) is 4.39 Å². The predicted molar refractivity (Wildman–Crippen MR) is 89.0 cm³/mol. The molecule has 0 radical (unpaired) electrons. The average molecular weight is 328 g/mol. The van der Waals surface area contributed by atoms with Crippen molar-refractivity contribution in [1.82, 2.24) is 14.9 Å². The van der Waals surface area contributed by atoms with E-state index < -0.39 is 5.82 Å². The molecule has 1 spiro atoms. The maximum atomic E-state index is 12.9. The molecule has 4 rings (SSSR count). The summed E-state index contributed by atoms with van der Waals surface area (Å²) < 4.78 is 19.0. The summed E-state index contributed by atoms with van der Waals surface area (Å²) in [5, 5.41) is 3.25. The fourth-order valence-corrected chi connectivity index (χ4v) is 3.69. The first kappa shape index (κ1) is 15.5. The third-order valence-electron chi connectivity index (χ3n) is 4.81. The molecule has 5 nitrogen and oxygen atoms in total. The van der Waals surface area contributed by atoms with Gasteiger partial charge in [0.15, 0.2) is 5.82 Å². The molecule has 1 N–H and O–H groups in total. The summed E-state index contributed by atoms with van der Waals surface area (Å²) in [7, 11) is 0. The molecule has 2 aromatic rings. The van der Waals surface area contributed by atoms with Gasteiger partial charge in [0.05, 0.1) is 30.6 Å². The summed E-state index contributed by atoms with van der Waals surface area (Å²) in [5.41, 5.74) is 1.26. The van der Waals surface area contributed by atoms with Crippen molar-refractivity contribution in [1.29, 1.82) is 0 Å². The maximum absolute atomic E-state index is 12.9. The molecule has 0 aliphatic carbocycles. The molecule has 2 aliphatic rings. The number of benzene rings is 1. The number of aromatic nitrogens is 2. The van der Waals surface area contributed by atoms with Crippen LogP contribution in [-0.4, -0.2) is 46.2 Å². The average Bonchev–Trinajstić information content (AvgIpc) is 3.17. The van der Waals surface area contributed by atoms with Gasteiger partial charge in [-0.15, -0.1) is 0 Å². The Morgan fingerprint density at radius 2 is 2.04 bits per heavy atom. The summed E-state index contributed by atoms with van der Waals surface area (Å²) in [5.74, 6) is 0.0354. The summed E-state index contributed by atoms with van der Waals surface area (Å²) in [6, 6.07) is 10.7. The monoisotopic (exact) mass is 328 g/mol. The smallest absolute Gasteiger partial charge is 0.223 e. The lowest BCUT2D eigenvalue weighted by Crippen LogP contribution is -2.33. The SMILES string of the molecule is Fc1cnc(N[C@@H]2CO[C@@]3(CCN(Cc4ccccc4)C3)C2)nc1. The van der Waals surface area contributed by atoms with Crippen LogP contribution in [0.1, 0.15) is 18.4 Å².